The van der Waals surface area contributed by atoms with Crippen LogP contribution in [0.4, 0.5) is 25.7 Å². The second-order valence-electron chi connectivity index (χ2n) is 6.30. The van der Waals surface area contributed by atoms with Gasteiger partial charge >= 0.3 is 12.1 Å². The number of hydrazone groups is 1. The van der Waals surface area contributed by atoms with Crippen LogP contribution in [0.15, 0.2) is 28.7 Å². The van der Waals surface area contributed by atoms with E-state index in [1.807, 2.05) is 0 Å². The second kappa shape index (κ2) is 7.64. The van der Waals surface area contributed by atoms with Gasteiger partial charge in [0.2, 0.25) is 5.13 Å². The summed E-state index contributed by atoms with van der Waals surface area (Å²) >= 11 is 1.16. The Kier molecular flexibility index (Phi) is 5.03. The number of hydrogen-bond donors (Lipinski definition) is 2. The fourth-order valence-corrected chi connectivity index (χ4v) is 3.76. The Morgan fingerprint density at radius 1 is 1.38 bits per heavy atom. The maximum Gasteiger partial charge on any atom is 0.414 e. The molecule has 4 rings (SSSR count). The smallest absolute Gasteiger partial charge is 0.414 e. The molecule has 1 fully saturated rings. The number of anilines is 3. The van der Waals surface area contributed by atoms with E-state index in [2.05, 4.69) is 10.1 Å². The number of carboxylic acid groups (broad SMARTS) is 1. The average Bonchev–Trinajstić information content (AvgIpc) is 3.35. The van der Waals surface area contributed by atoms with Gasteiger partial charge in [0.05, 0.1) is 31.1 Å². The predicted octanol–water partition coefficient (Wildman–Crippen LogP) is 1.57. The van der Waals surface area contributed by atoms with Crippen LogP contribution in [0.25, 0.3) is 0 Å². The Bertz CT molecular complexity index is 983. The molecule has 0 aliphatic carbocycles. The number of amides is 1. The summed E-state index contributed by atoms with van der Waals surface area (Å²) in [5.41, 5.74) is 0.577. The van der Waals surface area contributed by atoms with Crippen LogP contribution in [0.1, 0.15) is 10.5 Å². The number of aliphatic hydroxyl groups is 1. The molecule has 29 heavy (non-hydrogen) atoms. The minimum absolute atomic E-state index is 0.0480. The minimum Gasteiger partial charge on any atom is -0.476 e. The monoisotopic (exact) mass is 421 g/mol. The molecule has 2 aromatic rings. The van der Waals surface area contributed by atoms with Crippen LogP contribution in [0.5, 0.6) is 0 Å². The van der Waals surface area contributed by atoms with Crippen molar-refractivity contribution in [2.45, 2.75) is 6.10 Å². The van der Waals surface area contributed by atoms with Crippen molar-refractivity contribution in [3.63, 3.8) is 0 Å². The number of benzene rings is 1. The number of carboxylic acids is 1. The third-order valence-electron chi connectivity index (χ3n) is 4.45. The Balaban J connectivity index is 1.48. The first-order valence-electron chi connectivity index (χ1n) is 8.62. The first-order chi connectivity index (χ1) is 14.0. The Morgan fingerprint density at radius 3 is 2.79 bits per heavy atom. The highest BCUT2D eigenvalue weighted by molar-refractivity contribution is 7.13. The molecule has 2 N–H and O–H groups in total. The molecule has 1 aromatic carbocycles. The van der Waals surface area contributed by atoms with Gasteiger partial charge in [0.25, 0.3) is 0 Å². The highest BCUT2D eigenvalue weighted by Gasteiger charge is 2.32. The number of carbonyl (C=O) groups excluding carboxylic acids is 1. The lowest BCUT2D eigenvalue weighted by atomic mass is 10.2. The van der Waals surface area contributed by atoms with Gasteiger partial charge in [-0.3, -0.25) is 4.90 Å². The summed E-state index contributed by atoms with van der Waals surface area (Å²) in [6.45, 7) is 0.651. The number of cyclic esters (lactones) is 1. The number of aliphatic hydroxyl groups excluding tert-OH is 1. The summed E-state index contributed by atoms with van der Waals surface area (Å²) in [5.74, 6) is -1.64. The molecule has 0 saturated carbocycles. The number of nitrogens with zero attached hydrogens (tertiary/aromatic N) is 5. The van der Waals surface area contributed by atoms with Crippen molar-refractivity contribution < 1.29 is 28.9 Å². The van der Waals surface area contributed by atoms with Crippen molar-refractivity contribution in [2.75, 3.05) is 41.0 Å². The predicted molar refractivity (Wildman–Crippen MR) is 103 cm³/mol. The standard InChI is InChI=1S/C17H16FN5O5S/c18-12-5-10(22-6-11(7-24)28-17(22)27)1-2-14(12)21-3-4-23(19-9-21)16-20-13(8-29-16)15(25)26/h1-2,5,8-9,11,24H,3-4,6-7H2,(H,25,26)/t11-/m1/s1. The van der Waals surface area contributed by atoms with Crippen LogP contribution in [-0.2, 0) is 4.74 Å². The maximum absolute atomic E-state index is 14.7. The van der Waals surface area contributed by atoms with Gasteiger partial charge in [-0.2, -0.15) is 5.10 Å². The molecule has 3 heterocycles. The number of halogens is 1. The summed E-state index contributed by atoms with van der Waals surface area (Å²) in [6.07, 6.45) is 0.184. The zero-order valence-corrected chi connectivity index (χ0v) is 15.8. The van der Waals surface area contributed by atoms with Crippen LogP contribution >= 0.6 is 11.3 Å². The van der Waals surface area contributed by atoms with Gasteiger partial charge < -0.3 is 19.8 Å². The molecule has 0 unspecified atom stereocenters. The quantitative estimate of drug-likeness (QED) is 0.747. The molecule has 2 aliphatic heterocycles. The van der Waals surface area contributed by atoms with Gasteiger partial charge in [-0.25, -0.2) is 24.0 Å². The van der Waals surface area contributed by atoms with E-state index in [-0.39, 0.29) is 24.5 Å². The molecule has 10 nitrogen and oxygen atoms in total. The van der Waals surface area contributed by atoms with E-state index in [9.17, 15) is 14.0 Å². The summed E-state index contributed by atoms with van der Waals surface area (Å²) in [5, 5.41) is 25.7. The van der Waals surface area contributed by atoms with E-state index in [0.717, 1.165) is 11.3 Å². The average molecular weight is 421 g/mol. The highest BCUT2D eigenvalue weighted by atomic mass is 32.1. The fourth-order valence-electron chi connectivity index (χ4n) is 2.98. The van der Waals surface area contributed by atoms with Gasteiger partial charge in [0.15, 0.2) is 5.69 Å². The molecule has 2 aliphatic rings. The maximum atomic E-state index is 14.7. The summed E-state index contributed by atoms with van der Waals surface area (Å²) in [4.78, 5) is 29.7. The molecule has 0 spiro atoms. The van der Waals surface area contributed by atoms with E-state index >= 15 is 0 Å². The molecule has 12 heteroatoms. The summed E-state index contributed by atoms with van der Waals surface area (Å²) in [6, 6.07) is 4.37. The van der Waals surface area contributed by atoms with Crippen molar-refractivity contribution in [1.82, 2.24) is 4.98 Å². The molecule has 152 valence electrons. The molecule has 0 bridgehead atoms. The van der Waals surface area contributed by atoms with Gasteiger partial charge in [-0.05, 0) is 18.2 Å². The van der Waals surface area contributed by atoms with Gasteiger partial charge in [0.1, 0.15) is 18.3 Å². The van der Waals surface area contributed by atoms with Crippen LogP contribution in [0.3, 0.4) is 0 Å². The van der Waals surface area contributed by atoms with Gasteiger partial charge in [-0.1, -0.05) is 0 Å². The lowest BCUT2D eigenvalue weighted by Crippen LogP contribution is -2.38. The first kappa shape index (κ1) is 19.1. The molecule has 1 saturated heterocycles. The number of rotatable bonds is 5. The van der Waals surface area contributed by atoms with Crippen molar-refractivity contribution in [3.8, 4) is 0 Å². The van der Waals surface area contributed by atoms with Crippen molar-refractivity contribution in [1.29, 1.82) is 0 Å². The molecular formula is C17H16FN5O5S. The molecular weight excluding hydrogens is 405 g/mol. The Labute approximate surface area is 168 Å². The Morgan fingerprint density at radius 2 is 2.21 bits per heavy atom. The highest BCUT2D eigenvalue weighted by Crippen LogP contribution is 2.29. The van der Waals surface area contributed by atoms with Gasteiger partial charge in [0, 0.05) is 11.9 Å². The number of ether oxygens (including phenoxy) is 1. The van der Waals surface area contributed by atoms with Crippen LogP contribution in [-0.4, -0.2) is 65.9 Å². The molecule has 1 atom stereocenters. The van der Waals surface area contributed by atoms with Crippen LogP contribution < -0.4 is 14.8 Å². The minimum atomic E-state index is -1.11. The van der Waals surface area contributed by atoms with Gasteiger partial charge in [-0.15, -0.1) is 11.3 Å². The lowest BCUT2D eigenvalue weighted by Gasteiger charge is -2.29. The number of thiazole rings is 1. The van der Waals surface area contributed by atoms with Crippen molar-refractivity contribution >= 4 is 46.2 Å². The van der Waals surface area contributed by atoms with Crippen LogP contribution in [0, 0.1) is 5.82 Å². The van der Waals surface area contributed by atoms with E-state index in [1.54, 1.807) is 16.0 Å². The zero-order valence-electron chi connectivity index (χ0n) is 14.9. The lowest BCUT2D eigenvalue weighted by molar-refractivity contribution is 0.0691. The van der Waals surface area contributed by atoms with E-state index < -0.39 is 24.0 Å². The topological polar surface area (TPSA) is 119 Å². The first-order valence-corrected chi connectivity index (χ1v) is 9.50. The summed E-state index contributed by atoms with van der Waals surface area (Å²) in [7, 11) is 0. The zero-order chi connectivity index (χ0) is 20.5. The van der Waals surface area contributed by atoms with Crippen molar-refractivity contribution in [2.24, 2.45) is 5.10 Å². The normalized spacial score (nSPS) is 19.0. The van der Waals surface area contributed by atoms with E-state index in [1.165, 1.54) is 28.8 Å². The largest absolute Gasteiger partial charge is 0.476 e. The van der Waals surface area contributed by atoms with E-state index in [4.69, 9.17) is 14.9 Å². The second-order valence-corrected chi connectivity index (χ2v) is 7.14. The summed E-state index contributed by atoms with van der Waals surface area (Å²) < 4.78 is 19.7. The molecule has 0 radical (unpaired) electrons. The number of carbonyl (C=O) groups is 2. The molecule has 1 amide bonds. The third-order valence-corrected chi connectivity index (χ3v) is 5.30. The van der Waals surface area contributed by atoms with Crippen molar-refractivity contribution in [3.05, 3.63) is 35.1 Å². The van der Waals surface area contributed by atoms with E-state index in [0.29, 0.717) is 23.9 Å². The third kappa shape index (κ3) is 3.71. The number of hydrogen-bond acceptors (Lipinski definition) is 9. The SMILES string of the molecule is O=C(O)c1csc(N2CCN(c3ccc(N4C[C@H](CO)OC4=O)cc3F)C=N2)n1. The number of aromatic nitrogens is 1. The Hall–Kier alpha value is -3.25. The van der Waals surface area contributed by atoms with Crippen LogP contribution in [0.2, 0.25) is 0 Å². The fraction of sp³-hybridized carbons (Fsp3) is 0.294. The number of aromatic carboxylic acids is 1. The molecule has 1 aromatic heterocycles.